The smallest absolute Gasteiger partial charge is 0.323 e. The zero-order chi connectivity index (χ0) is 17.0. The SMILES string of the molecule is CC(C)C(N)C(=O)OCCOCN1C=NC2C(=O)N=C(N)N=C21.Cl. The number of nitrogens with two attached hydrogens (primary N) is 2. The van der Waals surface area contributed by atoms with Crippen molar-refractivity contribution in [1.29, 1.82) is 0 Å². The van der Waals surface area contributed by atoms with Gasteiger partial charge in [-0.15, -0.1) is 12.4 Å². The Morgan fingerprint density at radius 1 is 1.38 bits per heavy atom. The Morgan fingerprint density at radius 3 is 2.75 bits per heavy atom. The van der Waals surface area contributed by atoms with Gasteiger partial charge in [0.25, 0.3) is 5.91 Å². The van der Waals surface area contributed by atoms with E-state index in [1.165, 1.54) is 6.34 Å². The Bertz CT molecular complexity index is 577. The van der Waals surface area contributed by atoms with E-state index < -0.39 is 24.0 Å². The highest BCUT2D eigenvalue weighted by Crippen LogP contribution is 2.13. The number of amidine groups is 1. The number of halogens is 1. The van der Waals surface area contributed by atoms with Crippen LogP contribution in [0.15, 0.2) is 15.0 Å². The van der Waals surface area contributed by atoms with Gasteiger partial charge in [0.2, 0.25) is 5.96 Å². The Labute approximate surface area is 145 Å². The van der Waals surface area contributed by atoms with Crippen LogP contribution in [0.5, 0.6) is 0 Å². The average molecular weight is 361 g/mol. The maximum absolute atomic E-state index is 11.6. The molecule has 0 aliphatic carbocycles. The molecule has 0 aromatic rings. The summed E-state index contributed by atoms with van der Waals surface area (Å²) in [5, 5.41) is 0. The lowest BCUT2D eigenvalue weighted by Gasteiger charge is -2.19. The van der Waals surface area contributed by atoms with Crippen LogP contribution in [0.2, 0.25) is 0 Å². The first kappa shape index (κ1) is 20.0. The van der Waals surface area contributed by atoms with Gasteiger partial charge in [-0.3, -0.25) is 19.5 Å². The van der Waals surface area contributed by atoms with Crippen LogP contribution in [-0.4, -0.2) is 66.9 Å². The van der Waals surface area contributed by atoms with Gasteiger partial charge in [0.1, 0.15) is 19.4 Å². The van der Waals surface area contributed by atoms with Crippen molar-refractivity contribution in [3.8, 4) is 0 Å². The number of hydrogen-bond donors (Lipinski definition) is 2. The molecule has 2 atom stereocenters. The number of hydrogen-bond acceptors (Lipinski definition) is 9. The molecule has 24 heavy (non-hydrogen) atoms. The maximum atomic E-state index is 11.6. The Hall–Kier alpha value is -2.04. The minimum Gasteiger partial charge on any atom is -0.462 e. The van der Waals surface area contributed by atoms with Crippen LogP contribution in [0.1, 0.15) is 13.8 Å². The number of esters is 1. The molecule has 11 heteroatoms. The first-order chi connectivity index (χ1) is 10.9. The molecule has 2 rings (SSSR count). The van der Waals surface area contributed by atoms with Crippen molar-refractivity contribution in [2.24, 2.45) is 32.4 Å². The number of carbonyl (C=O) groups excluding carboxylic acids is 2. The van der Waals surface area contributed by atoms with E-state index in [4.69, 9.17) is 20.9 Å². The van der Waals surface area contributed by atoms with Gasteiger partial charge < -0.3 is 20.9 Å². The number of ether oxygens (including phenoxy) is 2. The van der Waals surface area contributed by atoms with E-state index in [0.29, 0.717) is 5.84 Å². The normalized spacial score (nSPS) is 20.2. The average Bonchev–Trinajstić information content (AvgIpc) is 2.89. The zero-order valence-corrected chi connectivity index (χ0v) is 14.2. The largest absolute Gasteiger partial charge is 0.462 e. The summed E-state index contributed by atoms with van der Waals surface area (Å²) in [6.45, 7) is 4.05. The molecule has 0 saturated carbocycles. The number of rotatable bonds is 7. The van der Waals surface area contributed by atoms with E-state index in [0.717, 1.165) is 0 Å². The minimum atomic E-state index is -0.757. The molecule has 10 nitrogen and oxygen atoms in total. The summed E-state index contributed by atoms with van der Waals surface area (Å²) in [4.78, 5) is 36.2. The van der Waals surface area contributed by atoms with Crippen molar-refractivity contribution in [1.82, 2.24) is 4.90 Å². The van der Waals surface area contributed by atoms with Gasteiger partial charge in [-0.2, -0.15) is 9.98 Å². The summed E-state index contributed by atoms with van der Waals surface area (Å²) in [6.07, 6.45) is 1.44. The van der Waals surface area contributed by atoms with Crippen LogP contribution in [0, 0.1) is 5.92 Å². The summed E-state index contributed by atoms with van der Waals surface area (Å²) < 4.78 is 10.4. The molecular weight excluding hydrogens is 340 g/mol. The van der Waals surface area contributed by atoms with E-state index >= 15 is 0 Å². The van der Waals surface area contributed by atoms with Crippen LogP contribution < -0.4 is 11.5 Å². The fourth-order valence-electron chi connectivity index (χ4n) is 1.88. The first-order valence-electron chi connectivity index (χ1n) is 7.16. The second-order valence-electron chi connectivity index (χ2n) is 5.39. The Balaban J connectivity index is 0.00000288. The number of amides is 1. The van der Waals surface area contributed by atoms with E-state index in [1.807, 2.05) is 13.8 Å². The monoisotopic (exact) mass is 360 g/mol. The predicted molar refractivity (Wildman–Crippen MR) is 90.0 cm³/mol. The molecule has 0 radical (unpaired) electrons. The second-order valence-corrected chi connectivity index (χ2v) is 5.39. The molecule has 2 heterocycles. The van der Waals surface area contributed by atoms with Gasteiger partial charge >= 0.3 is 5.97 Å². The van der Waals surface area contributed by atoms with Gasteiger partial charge in [0, 0.05) is 0 Å². The highest BCUT2D eigenvalue weighted by molar-refractivity contribution is 6.21. The van der Waals surface area contributed by atoms with Crippen LogP contribution in [0.25, 0.3) is 0 Å². The molecule has 0 bridgehead atoms. The molecule has 2 unspecified atom stereocenters. The van der Waals surface area contributed by atoms with E-state index in [1.54, 1.807) is 4.90 Å². The molecular formula is C13H21ClN6O4. The lowest BCUT2D eigenvalue weighted by molar-refractivity contribution is -0.148. The van der Waals surface area contributed by atoms with Gasteiger partial charge in [0.15, 0.2) is 11.9 Å². The first-order valence-corrected chi connectivity index (χ1v) is 7.16. The minimum absolute atomic E-state index is 0. The fraction of sp³-hybridized carbons (Fsp3) is 0.615. The van der Waals surface area contributed by atoms with Crippen LogP contribution in [-0.2, 0) is 19.1 Å². The van der Waals surface area contributed by atoms with Gasteiger partial charge in [-0.25, -0.2) is 0 Å². The lowest BCUT2D eigenvalue weighted by Crippen LogP contribution is -2.41. The van der Waals surface area contributed by atoms with Crippen molar-refractivity contribution in [2.75, 3.05) is 19.9 Å². The summed E-state index contributed by atoms with van der Waals surface area (Å²) in [5.41, 5.74) is 11.1. The van der Waals surface area contributed by atoms with Gasteiger partial charge in [0.05, 0.1) is 12.9 Å². The topological polar surface area (TPSA) is 145 Å². The highest BCUT2D eigenvalue weighted by atomic mass is 35.5. The van der Waals surface area contributed by atoms with Crippen LogP contribution >= 0.6 is 12.4 Å². The van der Waals surface area contributed by atoms with Crippen molar-refractivity contribution in [3.05, 3.63) is 0 Å². The zero-order valence-electron chi connectivity index (χ0n) is 13.4. The molecule has 0 aromatic heterocycles. The molecule has 2 aliphatic rings. The molecule has 2 aliphatic heterocycles. The summed E-state index contributed by atoms with van der Waals surface area (Å²) >= 11 is 0. The third-order valence-corrected chi connectivity index (χ3v) is 3.27. The van der Waals surface area contributed by atoms with Crippen LogP contribution in [0.3, 0.4) is 0 Å². The third kappa shape index (κ3) is 4.73. The van der Waals surface area contributed by atoms with E-state index in [2.05, 4.69) is 15.0 Å². The molecule has 4 N–H and O–H groups in total. The number of nitrogens with zero attached hydrogens (tertiary/aromatic N) is 4. The number of guanidine groups is 1. The maximum Gasteiger partial charge on any atom is 0.323 e. The Kier molecular flexibility index (Phi) is 7.26. The van der Waals surface area contributed by atoms with Crippen LogP contribution in [0.4, 0.5) is 0 Å². The molecule has 0 saturated heterocycles. The fourth-order valence-corrected chi connectivity index (χ4v) is 1.88. The molecule has 0 aromatic carbocycles. The molecule has 1 amide bonds. The quantitative estimate of drug-likeness (QED) is 0.431. The van der Waals surface area contributed by atoms with Crippen molar-refractivity contribution in [2.45, 2.75) is 25.9 Å². The van der Waals surface area contributed by atoms with Crippen molar-refractivity contribution >= 4 is 42.4 Å². The Morgan fingerprint density at radius 2 is 2.08 bits per heavy atom. The lowest BCUT2D eigenvalue weighted by atomic mass is 10.1. The molecule has 0 spiro atoms. The predicted octanol–water partition coefficient (Wildman–Crippen LogP) is -1.13. The highest BCUT2D eigenvalue weighted by Gasteiger charge is 2.35. The van der Waals surface area contributed by atoms with E-state index in [-0.39, 0.29) is 44.2 Å². The van der Waals surface area contributed by atoms with Crippen molar-refractivity contribution < 1.29 is 19.1 Å². The van der Waals surface area contributed by atoms with Gasteiger partial charge in [-0.1, -0.05) is 13.8 Å². The van der Waals surface area contributed by atoms with E-state index in [9.17, 15) is 9.59 Å². The summed E-state index contributed by atoms with van der Waals surface area (Å²) in [6, 6.07) is -1.40. The number of carbonyl (C=O) groups is 2. The van der Waals surface area contributed by atoms with Gasteiger partial charge in [-0.05, 0) is 5.92 Å². The number of fused-ring (bicyclic) bond motifs is 1. The summed E-state index contributed by atoms with van der Waals surface area (Å²) in [7, 11) is 0. The second kappa shape index (κ2) is 8.71. The summed E-state index contributed by atoms with van der Waals surface area (Å²) in [5.74, 6) is -0.634. The standard InChI is InChI=1S/C13H20N6O4.ClH/c1-7(2)8(14)12(21)23-4-3-22-6-19-5-16-9-10(19)17-13(15)18-11(9)20;/h5,7-9H,3-4,6,14H2,1-2H3,(H2,15,18,20);1H. The molecule has 0 fully saturated rings. The molecule has 134 valence electrons. The van der Waals surface area contributed by atoms with Crippen molar-refractivity contribution in [3.63, 3.8) is 0 Å². The number of aliphatic imine (C=N–C) groups is 3. The third-order valence-electron chi connectivity index (χ3n) is 3.27.